The van der Waals surface area contributed by atoms with E-state index in [4.69, 9.17) is 31.0 Å². The molecule has 0 spiro atoms. The van der Waals surface area contributed by atoms with Gasteiger partial charge in [0.1, 0.15) is 13.2 Å². The number of para-hydroxylation sites is 3. The van der Waals surface area contributed by atoms with E-state index in [0.29, 0.717) is 73.5 Å². The molecule has 0 atom stereocenters. The van der Waals surface area contributed by atoms with Crippen molar-refractivity contribution >= 4 is 61.2 Å². The molecule has 94 heavy (non-hydrogen) atoms. The van der Waals surface area contributed by atoms with Gasteiger partial charge in [-0.3, -0.25) is 0 Å². The maximum Gasteiger partial charge on any atom is 0.338 e. The van der Waals surface area contributed by atoms with Crippen LogP contribution in [0.3, 0.4) is 0 Å². The van der Waals surface area contributed by atoms with E-state index in [1.54, 1.807) is 30.3 Å². The second-order valence-corrected chi connectivity index (χ2v) is 22.7. The Kier molecular flexibility index (Phi) is 14.9. The van der Waals surface area contributed by atoms with Crippen LogP contribution in [0.25, 0.3) is 127 Å². The van der Waals surface area contributed by atoms with E-state index >= 15 is 0 Å². The third-order valence-corrected chi connectivity index (χ3v) is 16.9. The van der Waals surface area contributed by atoms with Crippen molar-refractivity contribution in [3.63, 3.8) is 0 Å². The minimum Gasteiger partial charge on any atom is -0.457 e. The summed E-state index contributed by atoms with van der Waals surface area (Å²) in [4.78, 5) is 48.3. The van der Waals surface area contributed by atoms with Crippen molar-refractivity contribution in [2.45, 2.75) is 13.2 Å². The largest absolute Gasteiger partial charge is 0.457 e. The molecule has 0 radical (unpaired) electrons. The fraction of sp³-hybridized carbons (Fsp3) is 0.0244. The molecule has 0 fully saturated rings. The molecular formula is C82H50N8O4. The number of nitrogens with zero attached hydrogens (tertiary/aromatic N) is 8. The first kappa shape index (κ1) is 57.1. The van der Waals surface area contributed by atoms with Gasteiger partial charge in [-0.1, -0.05) is 176 Å². The number of carbonyl (C=O) groups is 2. The molecule has 0 bridgehead atoms. The topological polar surface area (TPSA) is 153 Å². The van der Waals surface area contributed by atoms with Crippen LogP contribution in [0.1, 0.15) is 43.0 Å². The van der Waals surface area contributed by atoms with Gasteiger partial charge in [0.2, 0.25) is 0 Å². The molecular weight excluding hydrogens is 1160 g/mol. The first-order valence-corrected chi connectivity index (χ1v) is 30.4. The monoisotopic (exact) mass is 1210 g/mol. The number of esters is 2. The summed E-state index contributed by atoms with van der Waals surface area (Å²) in [5, 5.41) is 23.7. The van der Waals surface area contributed by atoms with E-state index in [-0.39, 0.29) is 13.2 Å². The molecule has 0 N–H and O–H groups in total. The Morgan fingerprint density at radius 2 is 0.798 bits per heavy atom. The standard InChI is InChI=1S/C82H50N8O4/c1-85-71-30-11-8-27-64(71)60-25-16-26-61(43-60)78-86-79(67-37-33-58(56-23-14-21-54(41-56)48-83)46-76(67)89-72-31-12-9-28-65(72)69-44-62(35-39-74(69)89)81(91)93-50-52-17-4-2-5-18-52)88-80(87-78)68-38-34-59(57-24-15-22-55(42-57)49-84)47-77(68)90-73-32-13-10-29-66(73)70-45-63(36-40-75(70)90)82(92)94-51-53-19-6-3-7-20-53/h2-47H,50-51H2. The predicted molar refractivity (Wildman–Crippen MR) is 368 cm³/mol. The quantitative estimate of drug-likeness (QED) is 0.0765. The number of hydrogen-bond donors (Lipinski definition) is 0. The predicted octanol–water partition coefficient (Wildman–Crippen LogP) is 19.1. The Bertz CT molecular complexity index is 5380. The second kappa shape index (κ2) is 24.6. The van der Waals surface area contributed by atoms with Gasteiger partial charge >= 0.3 is 11.9 Å². The van der Waals surface area contributed by atoms with Gasteiger partial charge in [0.05, 0.1) is 74.4 Å². The van der Waals surface area contributed by atoms with Gasteiger partial charge in [0, 0.05) is 38.2 Å². The molecule has 0 aliphatic rings. The fourth-order valence-corrected chi connectivity index (χ4v) is 12.4. The average molecular weight is 1210 g/mol. The molecule has 15 aromatic rings. The van der Waals surface area contributed by atoms with Crippen LogP contribution < -0.4 is 0 Å². The summed E-state index contributed by atoms with van der Waals surface area (Å²) >= 11 is 0. The number of ether oxygens (including phenoxy) is 2. The van der Waals surface area contributed by atoms with Crippen molar-refractivity contribution in [2.75, 3.05) is 0 Å². The summed E-state index contributed by atoms with van der Waals surface area (Å²) in [6, 6.07) is 93.7. The van der Waals surface area contributed by atoms with Gasteiger partial charge in [0.15, 0.2) is 23.2 Å². The Morgan fingerprint density at radius 1 is 0.372 bits per heavy atom. The van der Waals surface area contributed by atoms with Crippen molar-refractivity contribution in [2.24, 2.45) is 0 Å². The zero-order chi connectivity index (χ0) is 63.7. The van der Waals surface area contributed by atoms with Gasteiger partial charge in [0.25, 0.3) is 0 Å². The number of hydrogen-bond acceptors (Lipinski definition) is 9. The van der Waals surface area contributed by atoms with E-state index in [9.17, 15) is 20.1 Å². The lowest BCUT2D eigenvalue weighted by atomic mass is 9.99. The Hall–Kier alpha value is -13.3. The first-order chi connectivity index (χ1) is 46.3. The normalized spacial score (nSPS) is 11.1. The minimum absolute atomic E-state index is 0.117. The summed E-state index contributed by atoms with van der Waals surface area (Å²) in [6.07, 6.45) is 0. The second-order valence-electron chi connectivity index (χ2n) is 22.7. The maximum atomic E-state index is 13.9. The number of benzene rings is 12. The van der Waals surface area contributed by atoms with Crippen LogP contribution in [-0.2, 0) is 22.7 Å². The maximum absolute atomic E-state index is 13.9. The molecule has 0 saturated carbocycles. The smallest absolute Gasteiger partial charge is 0.338 e. The van der Waals surface area contributed by atoms with Crippen LogP contribution in [-0.4, -0.2) is 36.0 Å². The summed E-state index contributed by atoms with van der Waals surface area (Å²) in [5.41, 5.74) is 15.4. The lowest BCUT2D eigenvalue weighted by molar-refractivity contribution is 0.0464. The van der Waals surface area contributed by atoms with Crippen molar-refractivity contribution in [1.29, 1.82) is 10.5 Å². The lowest BCUT2D eigenvalue weighted by Crippen LogP contribution is -2.07. The highest BCUT2D eigenvalue weighted by atomic mass is 16.5. The van der Waals surface area contributed by atoms with E-state index < -0.39 is 11.9 Å². The molecule has 12 nitrogen and oxygen atoms in total. The van der Waals surface area contributed by atoms with Crippen molar-refractivity contribution in [1.82, 2.24) is 24.1 Å². The van der Waals surface area contributed by atoms with Crippen LogP contribution in [0.4, 0.5) is 5.69 Å². The molecule has 0 unspecified atom stereocenters. The number of nitriles is 2. The van der Waals surface area contributed by atoms with Gasteiger partial charge in [-0.05, 0) is 148 Å². The van der Waals surface area contributed by atoms with Crippen molar-refractivity contribution < 1.29 is 19.1 Å². The highest BCUT2D eigenvalue weighted by Crippen LogP contribution is 2.43. The van der Waals surface area contributed by atoms with Crippen LogP contribution in [0.5, 0.6) is 0 Å². The molecule has 12 aromatic carbocycles. The average Bonchev–Trinajstić information content (AvgIpc) is 1.55. The summed E-state index contributed by atoms with van der Waals surface area (Å²) in [7, 11) is 0. The molecule has 3 aromatic heterocycles. The highest BCUT2D eigenvalue weighted by Gasteiger charge is 2.25. The third-order valence-electron chi connectivity index (χ3n) is 16.9. The molecule has 15 rings (SSSR count). The van der Waals surface area contributed by atoms with Gasteiger partial charge in [-0.15, -0.1) is 0 Å². The highest BCUT2D eigenvalue weighted by molar-refractivity contribution is 6.13. The van der Waals surface area contributed by atoms with E-state index in [2.05, 4.69) is 50.4 Å². The lowest BCUT2D eigenvalue weighted by Gasteiger charge is -2.18. The van der Waals surface area contributed by atoms with E-state index in [1.807, 2.05) is 224 Å². The summed E-state index contributed by atoms with van der Waals surface area (Å²) in [6.45, 7) is 8.34. The Labute approximate surface area is 540 Å². The van der Waals surface area contributed by atoms with E-state index in [0.717, 1.165) is 88.1 Å². The van der Waals surface area contributed by atoms with E-state index in [1.165, 1.54) is 0 Å². The van der Waals surface area contributed by atoms with Crippen molar-refractivity contribution in [3.05, 3.63) is 324 Å². The van der Waals surface area contributed by atoms with Crippen LogP contribution in [0.15, 0.2) is 279 Å². The van der Waals surface area contributed by atoms with Gasteiger partial charge < -0.3 is 18.6 Å². The minimum atomic E-state index is -0.456. The molecule has 0 amide bonds. The molecule has 0 aliphatic heterocycles. The summed E-state index contributed by atoms with van der Waals surface area (Å²) < 4.78 is 16.1. The molecule has 12 heteroatoms. The van der Waals surface area contributed by atoms with Crippen LogP contribution in [0.2, 0.25) is 0 Å². The third kappa shape index (κ3) is 10.8. The number of fused-ring (bicyclic) bond motifs is 6. The molecule has 0 aliphatic carbocycles. The van der Waals surface area contributed by atoms with Gasteiger partial charge in [-0.25, -0.2) is 29.4 Å². The fourth-order valence-electron chi connectivity index (χ4n) is 12.4. The summed E-state index contributed by atoms with van der Waals surface area (Å²) in [5.74, 6) is 0.0790. The Balaban J connectivity index is 0.976. The first-order valence-electron chi connectivity index (χ1n) is 30.4. The zero-order valence-electron chi connectivity index (χ0n) is 50.2. The number of aromatic nitrogens is 5. The molecule has 3 heterocycles. The zero-order valence-corrected chi connectivity index (χ0v) is 50.2. The SMILES string of the molecule is [C-]#[N+]c1ccccc1-c1cccc(-c2nc(-c3ccc(-c4cccc(C#N)c4)cc3-n3c4ccccc4c4cc(C(=O)OCc5ccccc5)ccc43)nc(-c3ccc(-c4cccc(C#N)c4)cc3-n3c4ccccc4c4cc(C(=O)OCc5ccccc5)ccc43)n2)c1. The van der Waals surface area contributed by atoms with Crippen molar-refractivity contribution in [3.8, 4) is 91.1 Å². The number of rotatable bonds is 14. The Morgan fingerprint density at radius 3 is 1.31 bits per heavy atom. The number of carbonyl (C=O) groups excluding carboxylic acids is 2. The van der Waals surface area contributed by atoms with Gasteiger partial charge in [-0.2, -0.15) is 10.5 Å². The molecule has 0 saturated heterocycles. The van der Waals surface area contributed by atoms with Crippen LogP contribution in [0, 0.1) is 29.2 Å². The molecule has 442 valence electrons. The van der Waals surface area contributed by atoms with Crippen LogP contribution >= 0.6 is 0 Å².